The second-order valence-electron chi connectivity index (χ2n) is 10.00. The molecule has 0 radical (unpaired) electrons. The minimum atomic E-state index is -0.136. The van der Waals surface area contributed by atoms with Crippen molar-refractivity contribution in [3.63, 3.8) is 0 Å². The van der Waals surface area contributed by atoms with E-state index in [-0.39, 0.29) is 5.97 Å². The standard InChI is InChI=1S/C23H40O2/c1-7-25-21(24)16-18-11-9-15-23(6)19(12-13-20(18)23)17(2)10-8-14-22(3,4)5/h16-17,19-20H,7-15H2,1-6H3/b18-16+/t17-,19?,20?,23-/m1/s1. The van der Waals surface area contributed by atoms with Crippen molar-refractivity contribution in [3.8, 4) is 0 Å². The van der Waals surface area contributed by atoms with Crippen LogP contribution in [-0.4, -0.2) is 12.6 Å². The van der Waals surface area contributed by atoms with Crippen LogP contribution in [0.25, 0.3) is 0 Å². The molecule has 2 fully saturated rings. The first-order chi connectivity index (χ1) is 11.7. The van der Waals surface area contributed by atoms with Crippen LogP contribution in [0.4, 0.5) is 0 Å². The molecule has 25 heavy (non-hydrogen) atoms. The van der Waals surface area contributed by atoms with Gasteiger partial charge >= 0.3 is 5.97 Å². The van der Waals surface area contributed by atoms with E-state index in [2.05, 4.69) is 34.6 Å². The van der Waals surface area contributed by atoms with Gasteiger partial charge in [0.15, 0.2) is 0 Å². The lowest BCUT2D eigenvalue weighted by molar-refractivity contribution is -0.137. The molecule has 0 amide bonds. The molecular formula is C23H40O2. The van der Waals surface area contributed by atoms with Gasteiger partial charge < -0.3 is 4.74 Å². The van der Waals surface area contributed by atoms with Crippen LogP contribution in [0.3, 0.4) is 0 Å². The predicted octanol–water partition coefficient (Wildman–Crippen LogP) is 6.54. The van der Waals surface area contributed by atoms with Crippen LogP contribution in [0, 0.1) is 28.6 Å². The maximum atomic E-state index is 12.0. The fraction of sp³-hybridized carbons (Fsp3) is 0.870. The molecule has 0 heterocycles. The second-order valence-corrected chi connectivity index (χ2v) is 10.00. The summed E-state index contributed by atoms with van der Waals surface area (Å²) in [6.07, 6.45) is 12.1. The SMILES string of the molecule is CCOC(=O)/C=C1\CCC[C@@]2(C)C1CCC2[C@H](C)CCCC(C)(C)C. The van der Waals surface area contributed by atoms with Gasteiger partial charge in [0.1, 0.15) is 0 Å². The lowest BCUT2D eigenvalue weighted by atomic mass is 9.60. The Hall–Kier alpha value is -0.790. The van der Waals surface area contributed by atoms with Crippen molar-refractivity contribution in [2.75, 3.05) is 6.61 Å². The summed E-state index contributed by atoms with van der Waals surface area (Å²) >= 11 is 0. The largest absolute Gasteiger partial charge is 0.463 e. The average Bonchev–Trinajstić information content (AvgIpc) is 2.84. The molecule has 144 valence electrons. The van der Waals surface area contributed by atoms with Crippen LogP contribution >= 0.6 is 0 Å². The van der Waals surface area contributed by atoms with E-state index in [4.69, 9.17) is 4.74 Å². The van der Waals surface area contributed by atoms with Crippen LogP contribution in [0.1, 0.15) is 92.9 Å². The van der Waals surface area contributed by atoms with Crippen molar-refractivity contribution >= 4 is 5.97 Å². The number of fused-ring (bicyclic) bond motifs is 1. The number of rotatable bonds is 6. The molecule has 0 saturated heterocycles. The monoisotopic (exact) mass is 348 g/mol. The van der Waals surface area contributed by atoms with Gasteiger partial charge in [0.05, 0.1) is 6.61 Å². The highest BCUT2D eigenvalue weighted by atomic mass is 16.5. The fourth-order valence-electron chi connectivity index (χ4n) is 5.68. The number of hydrogen-bond donors (Lipinski definition) is 0. The number of ether oxygens (including phenoxy) is 1. The van der Waals surface area contributed by atoms with E-state index in [0.29, 0.717) is 23.4 Å². The zero-order valence-corrected chi connectivity index (χ0v) is 17.5. The molecule has 2 heteroatoms. The zero-order chi connectivity index (χ0) is 18.7. The summed E-state index contributed by atoms with van der Waals surface area (Å²) in [5, 5.41) is 0. The van der Waals surface area contributed by atoms with Crippen molar-refractivity contribution in [3.05, 3.63) is 11.6 Å². The molecule has 0 bridgehead atoms. The Morgan fingerprint density at radius 2 is 2.08 bits per heavy atom. The number of hydrogen-bond acceptors (Lipinski definition) is 2. The van der Waals surface area contributed by atoms with Crippen molar-refractivity contribution in [1.82, 2.24) is 0 Å². The van der Waals surface area contributed by atoms with Crippen molar-refractivity contribution in [1.29, 1.82) is 0 Å². The fourth-order valence-corrected chi connectivity index (χ4v) is 5.68. The van der Waals surface area contributed by atoms with Gasteiger partial charge in [0, 0.05) is 6.08 Å². The molecule has 0 aromatic carbocycles. The lowest BCUT2D eigenvalue weighted by Crippen LogP contribution is -2.36. The minimum absolute atomic E-state index is 0.136. The minimum Gasteiger partial charge on any atom is -0.463 e. The summed E-state index contributed by atoms with van der Waals surface area (Å²) in [6.45, 7) is 14.4. The summed E-state index contributed by atoms with van der Waals surface area (Å²) < 4.78 is 5.17. The first-order valence-corrected chi connectivity index (χ1v) is 10.5. The molecule has 2 nitrogen and oxygen atoms in total. The molecule has 0 aromatic rings. The van der Waals surface area contributed by atoms with Gasteiger partial charge in [-0.1, -0.05) is 53.0 Å². The van der Waals surface area contributed by atoms with Crippen LogP contribution < -0.4 is 0 Å². The van der Waals surface area contributed by atoms with E-state index in [0.717, 1.165) is 18.3 Å². The number of carbonyl (C=O) groups excluding carboxylic acids is 1. The molecule has 2 aliphatic carbocycles. The van der Waals surface area contributed by atoms with Crippen LogP contribution in [0.5, 0.6) is 0 Å². The van der Waals surface area contributed by atoms with Gasteiger partial charge in [-0.15, -0.1) is 0 Å². The molecule has 2 saturated carbocycles. The Labute approximate surface area is 155 Å². The third kappa shape index (κ3) is 5.11. The first kappa shape index (κ1) is 20.5. The molecule has 2 unspecified atom stereocenters. The highest BCUT2D eigenvalue weighted by Crippen LogP contribution is 2.59. The molecular weight excluding hydrogens is 308 g/mol. The van der Waals surface area contributed by atoms with E-state index in [9.17, 15) is 4.79 Å². The number of esters is 1. The number of carbonyl (C=O) groups is 1. The third-order valence-electron chi connectivity index (χ3n) is 6.90. The van der Waals surface area contributed by atoms with E-state index in [1.807, 2.05) is 13.0 Å². The smallest absolute Gasteiger partial charge is 0.330 e. The third-order valence-corrected chi connectivity index (χ3v) is 6.90. The van der Waals surface area contributed by atoms with Gasteiger partial charge in [-0.25, -0.2) is 4.79 Å². The highest BCUT2D eigenvalue weighted by Gasteiger charge is 2.50. The molecule has 0 aromatic heterocycles. The summed E-state index contributed by atoms with van der Waals surface area (Å²) in [5.41, 5.74) is 2.21. The van der Waals surface area contributed by atoms with E-state index < -0.39 is 0 Å². The highest BCUT2D eigenvalue weighted by molar-refractivity contribution is 5.83. The Bertz CT molecular complexity index is 485. The lowest BCUT2D eigenvalue weighted by Gasteiger charge is -2.44. The van der Waals surface area contributed by atoms with E-state index in [1.54, 1.807) is 0 Å². The maximum Gasteiger partial charge on any atom is 0.330 e. The van der Waals surface area contributed by atoms with E-state index >= 15 is 0 Å². The molecule has 2 aliphatic rings. The van der Waals surface area contributed by atoms with Gasteiger partial charge in [-0.2, -0.15) is 0 Å². The topological polar surface area (TPSA) is 26.3 Å². The molecule has 0 spiro atoms. The van der Waals surface area contributed by atoms with Crippen LogP contribution in [-0.2, 0) is 9.53 Å². The van der Waals surface area contributed by atoms with E-state index in [1.165, 1.54) is 50.5 Å². The molecule has 2 rings (SSSR count). The Morgan fingerprint density at radius 3 is 2.72 bits per heavy atom. The Morgan fingerprint density at radius 1 is 1.36 bits per heavy atom. The first-order valence-electron chi connectivity index (χ1n) is 10.5. The van der Waals surface area contributed by atoms with Gasteiger partial charge in [0.2, 0.25) is 0 Å². The van der Waals surface area contributed by atoms with Crippen LogP contribution in [0.15, 0.2) is 11.6 Å². The van der Waals surface area contributed by atoms with Crippen molar-refractivity contribution < 1.29 is 9.53 Å². The predicted molar refractivity (Wildman–Crippen MR) is 105 cm³/mol. The maximum absolute atomic E-state index is 12.0. The second kappa shape index (κ2) is 8.27. The summed E-state index contributed by atoms with van der Waals surface area (Å²) in [4.78, 5) is 12.0. The van der Waals surface area contributed by atoms with Crippen LogP contribution in [0.2, 0.25) is 0 Å². The summed E-state index contributed by atoms with van der Waals surface area (Å²) in [5.74, 6) is 2.06. The molecule has 0 N–H and O–H groups in total. The van der Waals surface area contributed by atoms with Crippen molar-refractivity contribution in [2.45, 2.75) is 92.9 Å². The Kier molecular flexibility index (Phi) is 6.79. The van der Waals surface area contributed by atoms with Gasteiger partial charge in [-0.3, -0.25) is 0 Å². The van der Waals surface area contributed by atoms with Gasteiger partial charge in [0.25, 0.3) is 0 Å². The molecule has 0 aliphatic heterocycles. The molecule has 4 atom stereocenters. The summed E-state index contributed by atoms with van der Waals surface area (Å²) in [7, 11) is 0. The van der Waals surface area contributed by atoms with Gasteiger partial charge in [-0.05, 0) is 74.0 Å². The quantitative estimate of drug-likeness (QED) is 0.402. The zero-order valence-electron chi connectivity index (χ0n) is 17.5. The average molecular weight is 349 g/mol. The van der Waals surface area contributed by atoms with Crippen molar-refractivity contribution in [2.24, 2.45) is 28.6 Å². The summed E-state index contributed by atoms with van der Waals surface area (Å²) in [6, 6.07) is 0. The normalized spacial score (nSPS) is 32.5. The Balaban J connectivity index is 2.03. The number of allylic oxidation sites excluding steroid dienone is 1.